The standard InChI is InChI=1S/C15H17BrN2O2/c1-4-18-9-11(16)8-13(18)15(19)17-12-6-5-10(2)7-14(12)20-3/h5-9H,4H2,1-3H3,(H,17,19). The van der Waals surface area contributed by atoms with Crippen molar-refractivity contribution >= 4 is 27.5 Å². The number of hydrogen-bond acceptors (Lipinski definition) is 2. The Balaban J connectivity index is 2.27. The van der Waals surface area contributed by atoms with Gasteiger partial charge >= 0.3 is 0 Å². The van der Waals surface area contributed by atoms with Gasteiger partial charge in [0, 0.05) is 17.2 Å². The molecule has 0 aliphatic rings. The number of nitrogens with zero attached hydrogens (tertiary/aromatic N) is 1. The summed E-state index contributed by atoms with van der Waals surface area (Å²) in [6.45, 7) is 4.71. The van der Waals surface area contributed by atoms with Crippen LogP contribution >= 0.6 is 15.9 Å². The molecule has 2 rings (SSSR count). The molecule has 1 heterocycles. The fourth-order valence-electron chi connectivity index (χ4n) is 2.01. The third-order valence-electron chi connectivity index (χ3n) is 3.04. The fraction of sp³-hybridized carbons (Fsp3) is 0.267. The van der Waals surface area contributed by atoms with Gasteiger partial charge in [0.2, 0.25) is 0 Å². The number of methoxy groups -OCH3 is 1. The van der Waals surface area contributed by atoms with Gasteiger partial charge < -0.3 is 14.6 Å². The first-order valence-corrected chi connectivity index (χ1v) is 7.16. The van der Waals surface area contributed by atoms with Gasteiger partial charge in [-0.15, -0.1) is 0 Å². The first kappa shape index (κ1) is 14.7. The lowest BCUT2D eigenvalue weighted by molar-refractivity contribution is 0.101. The van der Waals surface area contributed by atoms with Gasteiger partial charge in [-0.3, -0.25) is 4.79 Å². The number of ether oxygens (including phenoxy) is 1. The predicted octanol–water partition coefficient (Wildman–Crippen LogP) is 3.84. The van der Waals surface area contributed by atoms with E-state index in [1.807, 2.05) is 42.8 Å². The summed E-state index contributed by atoms with van der Waals surface area (Å²) < 4.78 is 8.07. The molecule has 0 fully saturated rings. The van der Waals surface area contributed by atoms with E-state index >= 15 is 0 Å². The van der Waals surface area contributed by atoms with Crippen LogP contribution in [-0.2, 0) is 6.54 Å². The number of aryl methyl sites for hydroxylation is 2. The number of aromatic nitrogens is 1. The van der Waals surface area contributed by atoms with E-state index in [2.05, 4.69) is 21.2 Å². The average Bonchev–Trinajstić information content (AvgIpc) is 2.82. The number of carbonyl (C=O) groups excluding carboxylic acids is 1. The van der Waals surface area contributed by atoms with Crippen molar-refractivity contribution in [2.45, 2.75) is 20.4 Å². The van der Waals surface area contributed by atoms with Crippen molar-refractivity contribution in [1.82, 2.24) is 4.57 Å². The van der Waals surface area contributed by atoms with Crippen LogP contribution in [0.4, 0.5) is 5.69 Å². The molecule has 0 aliphatic heterocycles. The quantitative estimate of drug-likeness (QED) is 0.921. The van der Waals surface area contributed by atoms with Gasteiger partial charge in [0.25, 0.3) is 5.91 Å². The Kier molecular flexibility index (Phi) is 4.49. The van der Waals surface area contributed by atoms with E-state index in [1.54, 1.807) is 13.2 Å². The van der Waals surface area contributed by atoms with E-state index in [0.717, 1.165) is 16.6 Å². The molecule has 2 aromatic rings. The zero-order valence-electron chi connectivity index (χ0n) is 11.7. The molecule has 1 amide bonds. The highest BCUT2D eigenvalue weighted by Gasteiger charge is 2.14. The van der Waals surface area contributed by atoms with E-state index in [9.17, 15) is 4.79 Å². The molecule has 0 unspecified atom stereocenters. The van der Waals surface area contributed by atoms with Crippen molar-refractivity contribution in [3.8, 4) is 5.75 Å². The molecule has 0 saturated carbocycles. The third kappa shape index (κ3) is 3.04. The molecule has 0 atom stereocenters. The number of carbonyl (C=O) groups is 1. The highest BCUT2D eigenvalue weighted by atomic mass is 79.9. The highest BCUT2D eigenvalue weighted by Crippen LogP contribution is 2.26. The van der Waals surface area contributed by atoms with Crippen LogP contribution in [0, 0.1) is 6.92 Å². The maximum absolute atomic E-state index is 12.4. The van der Waals surface area contributed by atoms with Crippen LogP contribution in [0.2, 0.25) is 0 Å². The zero-order valence-corrected chi connectivity index (χ0v) is 13.3. The number of amides is 1. The summed E-state index contributed by atoms with van der Waals surface area (Å²) in [5.41, 5.74) is 2.37. The maximum Gasteiger partial charge on any atom is 0.272 e. The average molecular weight is 337 g/mol. The Morgan fingerprint density at radius 2 is 2.15 bits per heavy atom. The number of halogens is 1. The van der Waals surface area contributed by atoms with Crippen molar-refractivity contribution in [2.75, 3.05) is 12.4 Å². The lowest BCUT2D eigenvalue weighted by Gasteiger charge is -2.11. The van der Waals surface area contributed by atoms with E-state index in [4.69, 9.17) is 4.74 Å². The summed E-state index contributed by atoms with van der Waals surface area (Å²) in [7, 11) is 1.59. The second kappa shape index (κ2) is 6.13. The van der Waals surface area contributed by atoms with Crippen molar-refractivity contribution in [3.05, 3.63) is 46.2 Å². The third-order valence-corrected chi connectivity index (χ3v) is 3.48. The van der Waals surface area contributed by atoms with Gasteiger partial charge in [0.15, 0.2) is 0 Å². The molecule has 1 N–H and O–H groups in total. The van der Waals surface area contributed by atoms with Gasteiger partial charge in [0.05, 0.1) is 12.8 Å². The van der Waals surface area contributed by atoms with Crippen LogP contribution in [0.5, 0.6) is 5.75 Å². The molecule has 106 valence electrons. The monoisotopic (exact) mass is 336 g/mol. The zero-order chi connectivity index (χ0) is 14.7. The number of nitrogens with one attached hydrogen (secondary N) is 1. The summed E-state index contributed by atoms with van der Waals surface area (Å²) in [4.78, 5) is 12.4. The normalized spacial score (nSPS) is 10.4. The Labute approximate surface area is 126 Å². The molecule has 1 aromatic heterocycles. The minimum absolute atomic E-state index is 0.153. The van der Waals surface area contributed by atoms with E-state index in [0.29, 0.717) is 17.1 Å². The molecular formula is C15H17BrN2O2. The van der Waals surface area contributed by atoms with E-state index < -0.39 is 0 Å². The van der Waals surface area contributed by atoms with Gasteiger partial charge in [-0.25, -0.2) is 0 Å². The molecule has 1 aromatic carbocycles. The summed E-state index contributed by atoms with van der Waals surface area (Å²) in [6.07, 6.45) is 1.89. The van der Waals surface area contributed by atoms with Gasteiger partial charge in [0.1, 0.15) is 11.4 Å². The van der Waals surface area contributed by atoms with Gasteiger partial charge in [-0.1, -0.05) is 6.07 Å². The Hall–Kier alpha value is -1.75. The van der Waals surface area contributed by atoms with Gasteiger partial charge in [-0.2, -0.15) is 0 Å². The lowest BCUT2D eigenvalue weighted by Crippen LogP contribution is -2.16. The van der Waals surface area contributed by atoms with Gasteiger partial charge in [-0.05, 0) is 53.5 Å². The summed E-state index contributed by atoms with van der Waals surface area (Å²) in [5, 5.41) is 2.89. The summed E-state index contributed by atoms with van der Waals surface area (Å²) in [5.74, 6) is 0.506. The van der Waals surface area contributed by atoms with Crippen LogP contribution in [-0.4, -0.2) is 17.6 Å². The number of rotatable bonds is 4. The SMILES string of the molecule is CCn1cc(Br)cc1C(=O)Nc1ccc(C)cc1OC. The number of anilines is 1. The minimum atomic E-state index is -0.153. The van der Waals surface area contributed by atoms with Crippen LogP contribution < -0.4 is 10.1 Å². The minimum Gasteiger partial charge on any atom is -0.495 e. The van der Waals surface area contributed by atoms with Crippen molar-refractivity contribution in [1.29, 1.82) is 0 Å². The summed E-state index contributed by atoms with van der Waals surface area (Å²) in [6, 6.07) is 7.48. The van der Waals surface area contributed by atoms with Crippen LogP contribution in [0.1, 0.15) is 23.0 Å². The van der Waals surface area contributed by atoms with E-state index in [1.165, 1.54) is 0 Å². The highest BCUT2D eigenvalue weighted by molar-refractivity contribution is 9.10. The first-order chi connectivity index (χ1) is 9.55. The summed E-state index contributed by atoms with van der Waals surface area (Å²) >= 11 is 3.39. The predicted molar refractivity (Wildman–Crippen MR) is 83.5 cm³/mol. The van der Waals surface area contributed by atoms with Crippen LogP contribution in [0.3, 0.4) is 0 Å². The second-order valence-electron chi connectivity index (χ2n) is 4.49. The molecule has 0 spiro atoms. The van der Waals surface area contributed by atoms with Crippen LogP contribution in [0.15, 0.2) is 34.9 Å². The first-order valence-electron chi connectivity index (χ1n) is 6.36. The molecule has 5 heteroatoms. The molecular weight excluding hydrogens is 320 g/mol. The topological polar surface area (TPSA) is 43.3 Å². The molecule has 0 aliphatic carbocycles. The second-order valence-corrected chi connectivity index (χ2v) is 5.40. The largest absolute Gasteiger partial charge is 0.495 e. The van der Waals surface area contributed by atoms with E-state index in [-0.39, 0.29) is 5.91 Å². The smallest absolute Gasteiger partial charge is 0.272 e. The maximum atomic E-state index is 12.4. The molecule has 0 bridgehead atoms. The molecule has 4 nitrogen and oxygen atoms in total. The van der Waals surface area contributed by atoms with Crippen molar-refractivity contribution < 1.29 is 9.53 Å². The Morgan fingerprint density at radius 3 is 2.80 bits per heavy atom. The fourth-order valence-corrected chi connectivity index (χ4v) is 2.48. The molecule has 0 saturated heterocycles. The van der Waals surface area contributed by atoms with Crippen molar-refractivity contribution in [2.24, 2.45) is 0 Å². The van der Waals surface area contributed by atoms with Crippen LogP contribution in [0.25, 0.3) is 0 Å². The molecule has 0 radical (unpaired) electrons. The Morgan fingerprint density at radius 1 is 1.40 bits per heavy atom. The lowest BCUT2D eigenvalue weighted by atomic mass is 10.2. The number of benzene rings is 1. The number of hydrogen-bond donors (Lipinski definition) is 1. The Bertz CT molecular complexity index is 635. The van der Waals surface area contributed by atoms with Crippen molar-refractivity contribution in [3.63, 3.8) is 0 Å². The molecule has 20 heavy (non-hydrogen) atoms.